The highest BCUT2D eigenvalue weighted by atomic mass is 35.5. The number of para-hydroxylation sites is 1. The van der Waals surface area contributed by atoms with Gasteiger partial charge in [0.1, 0.15) is 0 Å². The largest absolute Gasteiger partial charge is 0.293 e. The lowest BCUT2D eigenvalue weighted by Crippen LogP contribution is -2.22. The van der Waals surface area contributed by atoms with Crippen molar-refractivity contribution in [2.45, 2.75) is 17.1 Å². The molecule has 0 spiro atoms. The minimum atomic E-state index is -0.307. The molecule has 0 aromatic heterocycles. The molecule has 0 amide bonds. The molecule has 0 fully saturated rings. The van der Waals surface area contributed by atoms with Crippen molar-refractivity contribution in [1.82, 2.24) is 0 Å². The van der Waals surface area contributed by atoms with Crippen LogP contribution in [0.5, 0.6) is 0 Å². The normalized spacial score (nSPS) is 20.4. The summed E-state index contributed by atoms with van der Waals surface area (Å²) in [6.45, 7) is 1.99. The molecule has 0 radical (unpaired) electrons. The first-order valence-electron chi connectivity index (χ1n) is 8.87. The van der Waals surface area contributed by atoms with Crippen molar-refractivity contribution in [3.63, 3.8) is 0 Å². The summed E-state index contributed by atoms with van der Waals surface area (Å²) >= 11 is 8.12. The molecule has 27 heavy (non-hydrogen) atoms. The number of rotatable bonds is 1. The van der Waals surface area contributed by atoms with Gasteiger partial charge in [-0.3, -0.25) is 9.79 Å². The predicted octanol–water partition coefficient (Wildman–Crippen LogP) is 6.43. The average Bonchev–Trinajstić information content (AvgIpc) is 2.85. The van der Waals surface area contributed by atoms with Gasteiger partial charge in [0.15, 0.2) is 5.78 Å². The lowest BCUT2D eigenvalue weighted by atomic mass is 9.93. The van der Waals surface area contributed by atoms with E-state index in [0.29, 0.717) is 0 Å². The van der Waals surface area contributed by atoms with Crippen LogP contribution in [-0.4, -0.2) is 11.5 Å². The fourth-order valence-corrected chi connectivity index (χ4v) is 5.35. The average molecular weight is 390 g/mol. The molecule has 1 aliphatic carbocycles. The fourth-order valence-electron chi connectivity index (χ4n) is 3.82. The SMILES string of the molecule is Cc1ccc(C2Sc3ccccc3N=C3c4ccccc4C(=O)C32)cc1Cl. The van der Waals surface area contributed by atoms with Crippen LogP contribution < -0.4 is 0 Å². The smallest absolute Gasteiger partial charge is 0.174 e. The van der Waals surface area contributed by atoms with Crippen molar-refractivity contribution in [2.75, 3.05) is 0 Å². The van der Waals surface area contributed by atoms with Crippen molar-refractivity contribution < 1.29 is 4.79 Å². The van der Waals surface area contributed by atoms with E-state index in [9.17, 15) is 4.79 Å². The van der Waals surface area contributed by atoms with Gasteiger partial charge in [-0.15, -0.1) is 11.8 Å². The Morgan fingerprint density at radius 3 is 2.52 bits per heavy atom. The van der Waals surface area contributed by atoms with E-state index in [1.54, 1.807) is 11.8 Å². The number of Topliss-reactive ketones (excluding diaryl/α,β-unsaturated/α-hetero) is 1. The first-order chi connectivity index (χ1) is 13.1. The fraction of sp³-hybridized carbons (Fsp3) is 0.130. The van der Waals surface area contributed by atoms with Crippen LogP contribution in [0.1, 0.15) is 32.3 Å². The molecular weight excluding hydrogens is 374 g/mol. The Labute approximate surface area is 167 Å². The van der Waals surface area contributed by atoms with Gasteiger partial charge in [-0.1, -0.05) is 60.1 Å². The van der Waals surface area contributed by atoms with Crippen LogP contribution >= 0.6 is 23.4 Å². The number of aliphatic imine (C=N–C) groups is 1. The molecule has 2 nitrogen and oxygen atoms in total. The van der Waals surface area contributed by atoms with E-state index in [1.807, 2.05) is 61.5 Å². The molecule has 2 atom stereocenters. The summed E-state index contributed by atoms with van der Waals surface area (Å²) in [7, 11) is 0. The second-order valence-electron chi connectivity index (χ2n) is 6.90. The predicted molar refractivity (Wildman–Crippen MR) is 112 cm³/mol. The highest BCUT2D eigenvalue weighted by Crippen LogP contribution is 2.51. The molecule has 3 aromatic carbocycles. The van der Waals surface area contributed by atoms with Gasteiger partial charge in [-0.2, -0.15) is 0 Å². The van der Waals surface area contributed by atoms with Crippen molar-refractivity contribution in [2.24, 2.45) is 10.9 Å². The van der Waals surface area contributed by atoms with Crippen LogP contribution in [0, 0.1) is 12.8 Å². The maximum absolute atomic E-state index is 13.3. The van der Waals surface area contributed by atoms with Crippen molar-refractivity contribution in [3.8, 4) is 0 Å². The number of carbonyl (C=O) groups excluding carboxylic acids is 1. The van der Waals surface area contributed by atoms with Gasteiger partial charge in [0.05, 0.1) is 22.6 Å². The third-order valence-electron chi connectivity index (χ3n) is 5.23. The van der Waals surface area contributed by atoms with E-state index < -0.39 is 0 Å². The third kappa shape index (κ3) is 2.65. The summed E-state index contributed by atoms with van der Waals surface area (Å²) in [6.07, 6.45) is 0. The van der Waals surface area contributed by atoms with Gasteiger partial charge in [0, 0.05) is 21.0 Å². The summed E-state index contributed by atoms with van der Waals surface area (Å²) in [6, 6.07) is 22.0. The molecule has 0 saturated heterocycles. The van der Waals surface area contributed by atoms with E-state index in [-0.39, 0.29) is 17.0 Å². The van der Waals surface area contributed by atoms with Crippen LogP contribution in [0.15, 0.2) is 76.6 Å². The van der Waals surface area contributed by atoms with Crippen molar-refractivity contribution in [3.05, 3.63) is 94.0 Å². The van der Waals surface area contributed by atoms with Crippen LogP contribution in [-0.2, 0) is 0 Å². The molecular formula is C23H16ClNOS. The number of fused-ring (bicyclic) bond motifs is 4. The number of ketones is 1. The molecule has 1 heterocycles. The minimum absolute atomic E-state index is 0.0644. The Kier molecular flexibility index (Phi) is 3.96. The van der Waals surface area contributed by atoms with Crippen LogP contribution in [0.3, 0.4) is 0 Å². The van der Waals surface area contributed by atoms with Crippen molar-refractivity contribution >= 4 is 40.5 Å². The second-order valence-corrected chi connectivity index (χ2v) is 8.49. The monoisotopic (exact) mass is 389 g/mol. The van der Waals surface area contributed by atoms with E-state index in [1.165, 1.54) is 0 Å². The van der Waals surface area contributed by atoms with Crippen LogP contribution in [0.4, 0.5) is 5.69 Å². The zero-order valence-electron chi connectivity index (χ0n) is 14.6. The summed E-state index contributed by atoms with van der Waals surface area (Å²) in [5, 5.41) is 0.664. The number of hydrogen-bond acceptors (Lipinski definition) is 3. The van der Waals surface area contributed by atoms with Crippen LogP contribution in [0.25, 0.3) is 0 Å². The standard InChI is InChI=1S/C23H16ClNOS/c1-13-10-11-14(12-17(13)24)23-20-21(15-6-2-3-7-16(15)22(20)26)25-18-8-4-5-9-19(18)27-23/h2-12,20,23H,1H3. The number of aryl methyl sites for hydroxylation is 1. The molecule has 0 N–H and O–H groups in total. The Morgan fingerprint density at radius 2 is 1.70 bits per heavy atom. The molecule has 3 aromatic rings. The molecule has 2 aliphatic rings. The highest BCUT2D eigenvalue weighted by Gasteiger charge is 2.44. The summed E-state index contributed by atoms with van der Waals surface area (Å²) in [5.41, 5.74) is 5.61. The quantitative estimate of drug-likeness (QED) is 0.480. The zero-order valence-corrected chi connectivity index (χ0v) is 16.2. The van der Waals surface area contributed by atoms with Crippen molar-refractivity contribution in [1.29, 1.82) is 0 Å². The summed E-state index contributed by atoms with van der Waals surface area (Å²) in [5.74, 6) is -0.162. The van der Waals surface area contributed by atoms with E-state index in [0.717, 1.165) is 43.6 Å². The number of hydrogen-bond donors (Lipinski definition) is 0. The Bertz CT molecular complexity index is 1120. The number of halogens is 1. The topological polar surface area (TPSA) is 29.4 Å². The van der Waals surface area contributed by atoms with Gasteiger partial charge in [0.2, 0.25) is 0 Å². The lowest BCUT2D eigenvalue weighted by molar-refractivity contribution is 0.0960. The Hall–Kier alpha value is -2.36. The number of carbonyl (C=O) groups is 1. The van der Waals surface area contributed by atoms with Gasteiger partial charge in [-0.05, 0) is 36.2 Å². The van der Waals surface area contributed by atoms with Gasteiger partial charge < -0.3 is 0 Å². The maximum atomic E-state index is 13.3. The number of benzene rings is 3. The van der Waals surface area contributed by atoms with E-state index in [2.05, 4.69) is 12.1 Å². The highest BCUT2D eigenvalue weighted by molar-refractivity contribution is 7.99. The van der Waals surface area contributed by atoms with E-state index in [4.69, 9.17) is 16.6 Å². The first kappa shape index (κ1) is 16.8. The van der Waals surface area contributed by atoms with Gasteiger partial charge in [-0.25, -0.2) is 0 Å². The van der Waals surface area contributed by atoms with E-state index >= 15 is 0 Å². The Morgan fingerprint density at radius 1 is 0.963 bits per heavy atom. The van der Waals surface area contributed by atoms with Gasteiger partial charge in [0.25, 0.3) is 0 Å². The molecule has 0 saturated carbocycles. The summed E-state index contributed by atoms with van der Waals surface area (Å²) in [4.78, 5) is 19.4. The maximum Gasteiger partial charge on any atom is 0.174 e. The summed E-state index contributed by atoms with van der Waals surface area (Å²) < 4.78 is 0. The molecule has 2 unspecified atom stereocenters. The zero-order chi connectivity index (χ0) is 18.5. The first-order valence-corrected chi connectivity index (χ1v) is 10.1. The molecule has 1 aliphatic heterocycles. The number of nitrogens with zero attached hydrogens (tertiary/aromatic N) is 1. The van der Waals surface area contributed by atoms with Gasteiger partial charge >= 0.3 is 0 Å². The minimum Gasteiger partial charge on any atom is -0.293 e. The molecule has 0 bridgehead atoms. The number of thioether (sulfide) groups is 1. The Balaban J connectivity index is 1.75. The second kappa shape index (κ2) is 6.36. The lowest BCUT2D eigenvalue weighted by Gasteiger charge is -2.22. The molecule has 132 valence electrons. The third-order valence-corrected chi connectivity index (χ3v) is 7.04. The molecule has 5 rings (SSSR count). The molecule has 4 heteroatoms. The van der Waals surface area contributed by atoms with Crippen LogP contribution in [0.2, 0.25) is 5.02 Å².